The third-order valence-electron chi connectivity index (χ3n) is 4.13. The van der Waals surface area contributed by atoms with Crippen LogP contribution >= 0.6 is 35.7 Å². The van der Waals surface area contributed by atoms with Crippen molar-refractivity contribution in [3.8, 4) is 5.75 Å². The van der Waals surface area contributed by atoms with E-state index in [0.29, 0.717) is 11.5 Å². The summed E-state index contributed by atoms with van der Waals surface area (Å²) in [5, 5.41) is 11.2. The van der Waals surface area contributed by atoms with Gasteiger partial charge in [-0.05, 0) is 30.7 Å². The molecular weight excluding hydrogens is 420 g/mol. The van der Waals surface area contributed by atoms with Gasteiger partial charge in [-0.1, -0.05) is 36.1 Å². The summed E-state index contributed by atoms with van der Waals surface area (Å²) in [7, 11) is 0. The summed E-state index contributed by atoms with van der Waals surface area (Å²) in [5.74, 6) is -0.840. The van der Waals surface area contributed by atoms with Crippen molar-refractivity contribution >= 4 is 63.9 Å². The zero-order valence-corrected chi connectivity index (χ0v) is 17.4. The number of carbonyl (C=O) groups excluding carboxylic acids is 3. The summed E-state index contributed by atoms with van der Waals surface area (Å²) in [4.78, 5) is 39.2. The monoisotopic (exact) mass is 437 g/mol. The van der Waals surface area contributed by atoms with E-state index in [1.807, 2.05) is 31.2 Å². The van der Waals surface area contributed by atoms with E-state index in [4.69, 9.17) is 17.0 Å². The van der Waals surface area contributed by atoms with Crippen molar-refractivity contribution in [1.82, 2.24) is 9.80 Å². The van der Waals surface area contributed by atoms with Gasteiger partial charge >= 0.3 is 0 Å². The van der Waals surface area contributed by atoms with E-state index < -0.39 is 17.9 Å². The Morgan fingerprint density at radius 3 is 2.71 bits per heavy atom. The number of carboxylic acid groups (broad SMARTS) is 1. The maximum absolute atomic E-state index is 12.7. The van der Waals surface area contributed by atoms with E-state index in [2.05, 4.69) is 0 Å². The number of thioether (sulfide) groups is 2. The highest BCUT2D eigenvalue weighted by atomic mass is 32.2. The number of carbonyl (C=O) groups is 3. The molecule has 1 atom stereocenters. The van der Waals surface area contributed by atoms with Crippen molar-refractivity contribution in [3.63, 3.8) is 0 Å². The average Bonchev–Trinajstić information content (AvgIpc) is 3.25. The van der Waals surface area contributed by atoms with Gasteiger partial charge in [0.1, 0.15) is 16.6 Å². The smallest absolute Gasteiger partial charge is 0.266 e. The van der Waals surface area contributed by atoms with Gasteiger partial charge in [0.25, 0.3) is 5.91 Å². The lowest BCUT2D eigenvalue weighted by Crippen LogP contribution is -2.51. The molecule has 3 rings (SSSR count). The SMILES string of the molecule is CCOc1ccc(/C=C2/SC(=S)N(CC(=O)N3CSC[C@@H]3C(=O)[O-])C2=O)cc1. The Balaban J connectivity index is 1.69. The topological polar surface area (TPSA) is 90.0 Å². The summed E-state index contributed by atoms with van der Waals surface area (Å²) in [6, 6.07) is 6.30. The van der Waals surface area contributed by atoms with Crippen LogP contribution in [0.1, 0.15) is 12.5 Å². The Hall–Kier alpha value is -2.04. The second kappa shape index (κ2) is 8.97. The molecule has 1 aromatic carbocycles. The predicted octanol–water partition coefficient (Wildman–Crippen LogP) is 0.938. The van der Waals surface area contributed by atoms with E-state index in [0.717, 1.165) is 23.1 Å². The number of amides is 2. The van der Waals surface area contributed by atoms with E-state index >= 15 is 0 Å². The molecule has 2 aliphatic heterocycles. The number of hydrogen-bond acceptors (Lipinski definition) is 8. The zero-order chi connectivity index (χ0) is 20.3. The molecule has 0 spiro atoms. The van der Waals surface area contributed by atoms with Gasteiger partial charge in [0.2, 0.25) is 5.91 Å². The minimum absolute atomic E-state index is 0.258. The molecule has 0 aliphatic carbocycles. The second-order valence-electron chi connectivity index (χ2n) is 5.97. The average molecular weight is 438 g/mol. The molecule has 2 aliphatic rings. The minimum Gasteiger partial charge on any atom is -0.548 e. The Labute approximate surface area is 176 Å². The molecule has 0 unspecified atom stereocenters. The second-order valence-corrected chi connectivity index (χ2v) is 8.64. The number of rotatable bonds is 6. The van der Waals surface area contributed by atoms with Gasteiger partial charge in [0.05, 0.1) is 29.4 Å². The first-order chi connectivity index (χ1) is 13.4. The summed E-state index contributed by atoms with van der Waals surface area (Å²) in [6.07, 6.45) is 1.70. The molecule has 0 bridgehead atoms. The molecule has 0 saturated carbocycles. The molecule has 2 amide bonds. The fraction of sp³-hybridized carbons (Fsp3) is 0.333. The Bertz CT molecular complexity index is 840. The van der Waals surface area contributed by atoms with Crippen LogP contribution < -0.4 is 9.84 Å². The number of carboxylic acids is 1. The van der Waals surface area contributed by atoms with E-state index in [1.165, 1.54) is 21.6 Å². The van der Waals surface area contributed by atoms with Crippen molar-refractivity contribution < 1.29 is 24.2 Å². The first kappa shape index (κ1) is 20.7. The molecule has 7 nitrogen and oxygen atoms in total. The molecule has 0 N–H and O–H groups in total. The number of thiocarbonyl (C=S) groups is 1. The van der Waals surface area contributed by atoms with Crippen molar-refractivity contribution in [2.45, 2.75) is 13.0 Å². The number of aliphatic carboxylic acids is 1. The number of nitrogens with zero attached hydrogens (tertiary/aromatic N) is 2. The zero-order valence-electron chi connectivity index (χ0n) is 15.0. The van der Waals surface area contributed by atoms with Crippen LogP contribution in [0.2, 0.25) is 0 Å². The highest BCUT2D eigenvalue weighted by Crippen LogP contribution is 2.33. The number of ether oxygens (including phenoxy) is 1. The van der Waals surface area contributed by atoms with Crippen LogP contribution in [0.5, 0.6) is 5.75 Å². The van der Waals surface area contributed by atoms with Gasteiger partial charge in [0.15, 0.2) is 0 Å². The quantitative estimate of drug-likeness (QED) is 0.480. The van der Waals surface area contributed by atoms with Crippen LogP contribution in [0.3, 0.4) is 0 Å². The molecule has 0 radical (unpaired) electrons. The van der Waals surface area contributed by atoms with Gasteiger partial charge in [0, 0.05) is 5.75 Å². The van der Waals surface area contributed by atoms with Gasteiger partial charge in [-0.25, -0.2) is 0 Å². The van der Waals surface area contributed by atoms with Crippen LogP contribution in [-0.4, -0.2) is 62.7 Å². The van der Waals surface area contributed by atoms with Gasteiger partial charge in [-0.3, -0.25) is 14.5 Å². The largest absolute Gasteiger partial charge is 0.548 e. The van der Waals surface area contributed by atoms with Gasteiger partial charge < -0.3 is 19.5 Å². The standard InChI is InChI=1S/C18H18N2O5S3/c1-2-25-12-5-3-11(4-6-12)7-14-16(22)19(18(26)28-14)8-15(21)20-10-27-9-13(20)17(23)24/h3-7,13H,2,8-10H2,1H3,(H,23,24)/p-1/b14-7+/t13-/m1/s1. The maximum atomic E-state index is 12.7. The Morgan fingerprint density at radius 1 is 1.36 bits per heavy atom. The molecule has 28 heavy (non-hydrogen) atoms. The Morgan fingerprint density at radius 2 is 2.07 bits per heavy atom. The molecule has 148 valence electrons. The molecule has 2 fully saturated rings. The van der Waals surface area contributed by atoms with Crippen molar-refractivity contribution in [1.29, 1.82) is 0 Å². The highest BCUT2D eigenvalue weighted by molar-refractivity contribution is 8.26. The van der Waals surface area contributed by atoms with Gasteiger partial charge in [-0.15, -0.1) is 11.8 Å². The van der Waals surface area contributed by atoms with Crippen LogP contribution in [0.4, 0.5) is 0 Å². The van der Waals surface area contributed by atoms with Crippen LogP contribution in [0.15, 0.2) is 29.2 Å². The number of benzene rings is 1. The number of hydrogen-bond donors (Lipinski definition) is 0. The third-order valence-corrected chi connectivity index (χ3v) is 6.52. The van der Waals surface area contributed by atoms with Crippen LogP contribution in [-0.2, 0) is 14.4 Å². The minimum atomic E-state index is -1.29. The third kappa shape index (κ3) is 4.50. The van der Waals surface area contributed by atoms with Crippen molar-refractivity contribution in [2.24, 2.45) is 0 Å². The normalized spacial score (nSPS) is 20.9. The van der Waals surface area contributed by atoms with Crippen LogP contribution in [0.25, 0.3) is 6.08 Å². The fourth-order valence-corrected chi connectivity index (χ4v) is 5.14. The van der Waals surface area contributed by atoms with Gasteiger partial charge in [-0.2, -0.15) is 0 Å². The summed E-state index contributed by atoms with van der Waals surface area (Å²) < 4.78 is 5.66. The first-order valence-corrected chi connectivity index (χ1v) is 10.8. The van der Waals surface area contributed by atoms with E-state index in [9.17, 15) is 19.5 Å². The summed E-state index contributed by atoms with van der Waals surface area (Å²) in [6.45, 7) is 2.19. The molecular formula is C18H17N2O5S3-. The maximum Gasteiger partial charge on any atom is 0.266 e. The summed E-state index contributed by atoms with van der Waals surface area (Å²) in [5.41, 5.74) is 0.809. The predicted molar refractivity (Wildman–Crippen MR) is 110 cm³/mol. The molecule has 2 saturated heterocycles. The molecule has 0 aromatic heterocycles. The molecule has 2 heterocycles. The van der Waals surface area contributed by atoms with E-state index in [-0.39, 0.29) is 28.4 Å². The molecule has 1 aromatic rings. The van der Waals surface area contributed by atoms with Crippen molar-refractivity contribution in [3.05, 3.63) is 34.7 Å². The molecule has 10 heteroatoms. The van der Waals surface area contributed by atoms with Crippen LogP contribution in [0, 0.1) is 0 Å². The highest BCUT2D eigenvalue weighted by Gasteiger charge is 2.37. The lowest BCUT2D eigenvalue weighted by atomic mass is 10.2. The first-order valence-electron chi connectivity index (χ1n) is 8.47. The fourth-order valence-electron chi connectivity index (χ4n) is 2.72. The lowest BCUT2D eigenvalue weighted by Gasteiger charge is -2.26. The summed E-state index contributed by atoms with van der Waals surface area (Å²) >= 11 is 7.69. The van der Waals surface area contributed by atoms with Crippen molar-refractivity contribution in [2.75, 3.05) is 24.8 Å². The lowest BCUT2D eigenvalue weighted by molar-refractivity contribution is -0.310. The van der Waals surface area contributed by atoms with E-state index in [1.54, 1.807) is 6.08 Å². The Kier molecular flexibility index (Phi) is 6.63.